The van der Waals surface area contributed by atoms with Crippen LogP contribution in [0.1, 0.15) is 19.3 Å². The maximum absolute atomic E-state index is 6.10. The van der Waals surface area contributed by atoms with E-state index >= 15 is 0 Å². The average molecular weight is 321 g/mol. The lowest BCUT2D eigenvalue weighted by molar-refractivity contribution is 0.505. The number of nitrogens with two attached hydrogens (primary N) is 1. The van der Waals surface area contributed by atoms with Gasteiger partial charge in [0.1, 0.15) is 5.52 Å². The standard InChI is InChI=1S/C14H17BrN4/c15-10-6-13-14(19-8-10)12(4-5-17-13)18-7-9-2-1-3-11(9)16/h4-6,8-9,11H,1-3,7,16H2,(H,17,18). The van der Waals surface area contributed by atoms with Crippen molar-refractivity contribution in [2.45, 2.75) is 25.3 Å². The van der Waals surface area contributed by atoms with Crippen molar-refractivity contribution in [2.75, 3.05) is 11.9 Å². The molecule has 0 bridgehead atoms. The number of halogens is 1. The summed E-state index contributed by atoms with van der Waals surface area (Å²) >= 11 is 3.42. The van der Waals surface area contributed by atoms with Crippen LogP contribution in [0, 0.1) is 5.92 Å². The van der Waals surface area contributed by atoms with E-state index in [2.05, 4.69) is 31.2 Å². The Bertz CT molecular complexity index is 587. The van der Waals surface area contributed by atoms with Gasteiger partial charge in [-0.25, -0.2) is 0 Å². The van der Waals surface area contributed by atoms with Crippen molar-refractivity contribution >= 4 is 32.7 Å². The molecule has 4 nitrogen and oxygen atoms in total. The van der Waals surface area contributed by atoms with Gasteiger partial charge in [0.15, 0.2) is 0 Å². The summed E-state index contributed by atoms with van der Waals surface area (Å²) < 4.78 is 0.947. The third kappa shape index (κ3) is 2.72. The van der Waals surface area contributed by atoms with Gasteiger partial charge in [-0.2, -0.15) is 0 Å². The second-order valence-corrected chi connectivity index (χ2v) is 6.03. The number of hydrogen-bond acceptors (Lipinski definition) is 4. The van der Waals surface area contributed by atoms with Gasteiger partial charge in [0.05, 0.1) is 11.2 Å². The minimum Gasteiger partial charge on any atom is -0.383 e. The molecule has 100 valence electrons. The highest BCUT2D eigenvalue weighted by Gasteiger charge is 2.23. The maximum atomic E-state index is 6.10. The van der Waals surface area contributed by atoms with Crippen LogP contribution in [0.4, 0.5) is 5.69 Å². The zero-order valence-corrected chi connectivity index (χ0v) is 12.2. The Morgan fingerprint density at radius 2 is 2.26 bits per heavy atom. The smallest absolute Gasteiger partial charge is 0.112 e. The molecule has 0 saturated heterocycles. The Morgan fingerprint density at radius 1 is 1.37 bits per heavy atom. The second kappa shape index (κ2) is 5.43. The molecule has 0 aromatic carbocycles. The van der Waals surface area contributed by atoms with Gasteiger partial charge in [-0.1, -0.05) is 6.42 Å². The minimum absolute atomic E-state index is 0.336. The summed E-state index contributed by atoms with van der Waals surface area (Å²) in [6.07, 6.45) is 7.23. The van der Waals surface area contributed by atoms with Crippen LogP contribution in [-0.4, -0.2) is 22.6 Å². The van der Waals surface area contributed by atoms with E-state index in [0.29, 0.717) is 12.0 Å². The maximum Gasteiger partial charge on any atom is 0.112 e. The molecule has 2 aromatic rings. The lowest BCUT2D eigenvalue weighted by Crippen LogP contribution is -2.29. The minimum atomic E-state index is 0.336. The number of aromatic nitrogens is 2. The Labute approximate surface area is 120 Å². The highest BCUT2D eigenvalue weighted by atomic mass is 79.9. The molecular formula is C14H17BrN4. The van der Waals surface area contributed by atoms with E-state index in [1.807, 2.05) is 18.3 Å². The summed E-state index contributed by atoms with van der Waals surface area (Å²) in [6.45, 7) is 0.915. The molecule has 19 heavy (non-hydrogen) atoms. The molecule has 2 atom stereocenters. The van der Waals surface area contributed by atoms with Gasteiger partial charge in [0.2, 0.25) is 0 Å². The molecule has 2 unspecified atom stereocenters. The summed E-state index contributed by atoms with van der Waals surface area (Å²) in [5.74, 6) is 0.568. The molecule has 0 aliphatic heterocycles. The van der Waals surface area contributed by atoms with Crippen molar-refractivity contribution in [3.8, 4) is 0 Å². The first-order valence-electron chi connectivity index (χ1n) is 6.64. The summed E-state index contributed by atoms with van der Waals surface area (Å²) in [6, 6.07) is 4.29. The highest BCUT2D eigenvalue weighted by Crippen LogP contribution is 2.26. The molecule has 1 aliphatic rings. The molecule has 0 amide bonds. The molecule has 1 saturated carbocycles. The number of hydrogen-bond donors (Lipinski definition) is 2. The lowest BCUT2D eigenvalue weighted by Gasteiger charge is -2.17. The van der Waals surface area contributed by atoms with Crippen LogP contribution in [0.2, 0.25) is 0 Å². The zero-order chi connectivity index (χ0) is 13.2. The number of pyridine rings is 2. The van der Waals surface area contributed by atoms with Crippen molar-refractivity contribution < 1.29 is 0 Å². The molecule has 3 rings (SSSR count). The summed E-state index contributed by atoms with van der Waals surface area (Å²) in [5.41, 5.74) is 8.95. The zero-order valence-electron chi connectivity index (χ0n) is 10.6. The Kier molecular flexibility index (Phi) is 3.66. The molecule has 5 heteroatoms. The Morgan fingerprint density at radius 3 is 3.05 bits per heavy atom. The molecule has 1 aliphatic carbocycles. The number of nitrogens with one attached hydrogen (secondary N) is 1. The van der Waals surface area contributed by atoms with Crippen molar-refractivity contribution in [1.29, 1.82) is 0 Å². The summed E-state index contributed by atoms with van der Waals surface area (Å²) in [4.78, 5) is 8.78. The first-order chi connectivity index (χ1) is 9.24. The normalized spacial score (nSPS) is 22.8. The predicted molar refractivity (Wildman–Crippen MR) is 81.0 cm³/mol. The van der Waals surface area contributed by atoms with Crippen molar-refractivity contribution in [2.24, 2.45) is 11.7 Å². The van der Waals surface area contributed by atoms with Gasteiger partial charge in [0.25, 0.3) is 0 Å². The first-order valence-corrected chi connectivity index (χ1v) is 7.43. The first kappa shape index (κ1) is 12.8. The molecule has 0 spiro atoms. The SMILES string of the molecule is NC1CCCC1CNc1ccnc2cc(Br)cnc12. The van der Waals surface area contributed by atoms with Gasteiger partial charge < -0.3 is 11.1 Å². The van der Waals surface area contributed by atoms with E-state index in [1.165, 1.54) is 12.8 Å². The molecule has 2 heterocycles. The van der Waals surface area contributed by atoms with Gasteiger partial charge in [-0.05, 0) is 46.8 Å². The monoisotopic (exact) mass is 320 g/mol. The third-order valence-corrected chi connectivity index (χ3v) is 4.25. The van der Waals surface area contributed by atoms with Crippen LogP contribution in [-0.2, 0) is 0 Å². The van der Waals surface area contributed by atoms with Gasteiger partial charge >= 0.3 is 0 Å². The van der Waals surface area contributed by atoms with E-state index in [9.17, 15) is 0 Å². The van der Waals surface area contributed by atoms with Crippen molar-refractivity contribution in [1.82, 2.24) is 9.97 Å². The molecule has 2 aromatic heterocycles. The summed E-state index contributed by atoms with van der Waals surface area (Å²) in [5, 5.41) is 3.48. The fourth-order valence-electron chi connectivity index (χ4n) is 2.71. The van der Waals surface area contributed by atoms with Gasteiger partial charge in [0, 0.05) is 29.5 Å². The van der Waals surface area contributed by atoms with Gasteiger partial charge in [-0.3, -0.25) is 9.97 Å². The van der Waals surface area contributed by atoms with Crippen LogP contribution in [0.5, 0.6) is 0 Å². The van der Waals surface area contributed by atoms with Gasteiger partial charge in [-0.15, -0.1) is 0 Å². The van der Waals surface area contributed by atoms with E-state index in [0.717, 1.165) is 34.2 Å². The van der Waals surface area contributed by atoms with Crippen LogP contribution in [0.15, 0.2) is 29.0 Å². The fourth-order valence-corrected chi connectivity index (χ4v) is 3.03. The van der Waals surface area contributed by atoms with E-state index in [4.69, 9.17) is 5.73 Å². The molecule has 3 N–H and O–H groups in total. The van der Waals surface area contributed by atoms with Crippen molar-refractivity contribution in [3.05, 3.63) is 29.0 Å². The van der Waals surface area contributed by atoms with Crippen LogP contribution < -0.4 is 11.1 Å². The predicted octanol–water partition coefficient (Wildman–Crippen LogP) is 2.93. The number of nitrogens with zero attached hydrogens (tertiary/aromatic N) is 2. The van der Waals surface area contributed by atoms with Crippen LogP contribution in [0.3, 0.4) is 0 Å². The molecule has 1 fully saturated rings. The van der Waals surface area contributed by atoms with E-state index in [-0.39, 0.29) is 0 Å². The van der Waals surface area contributed by atoms with Crippen LogP contribution >= 0.6 is 15.9 Å². The largest absolute Gasteiger partial charge is 0.383 e. The second-order valence-electron chi connectivity index (χ2n) is 5.12. The molecule has 0 radical (unpaired) electrons. The Hall–Kier alpha value is -1.20. The summed E-state index contributed by atoms with van der Waals surface area (Å²) in [7, 11) is 0. The van der Waals surface area contributed by atoms with E-state index < -0.39 is 0 Å². The van der Waals surface area contributed by atoms with E-state index in [1.54, 1.807) is 6.20 Å². The highest BCUT2D eigenvalue weighted by molar-refractivity contribution is 9.10. The fraction of sp³-hybridized carbons (Fsp3) is 0.429. The van der Waals surface area contributed by atoms with Crippen LogP contribution in [0.25, 0.3) is 11.0 Å². The number of fused-ring (bicyclic) bond motifs is 1. The quantitative estimate of drug-likeness (QED) is 0.912. The number of rotatable bonds is 3. The Balaban J connectivity index is 1.81. The van der Waals surface area contributed by atoms with Crippen molar-refractivity contribution in [3.63, 3.8) is 0 Å². The number of anilines is 1. The third-order valence-electron chi connectivity index (χ3n) is 3.82. The average Bonchev–Trinajstić information content (AvgIpc) is 2.81. The molecular weight excluding hydrogens is 304 g/mol. The topological polar surface area (TPSA) is 63.8 Å². The lowest BCUT2D eigenvalue weighted by atomic mass is 10.0.